The lowest BCUT2D eigenvalue weighted by Gasteiger charge is -2.32. The average Bonchev–Trinajstić information content (AvgIpc) is 2.84. The molecule has 1 amide bonds. The number of benzene rings is 3. The molecular formula is C26H22FN5O2S. The van der Waals surface area contributed by atoms with Gasteiger partial charge in [0.2, 0.25) is 0 Å². The summed E-state index contributed by atoms with van der Waals surface area (Å²) in [6.07, 6.45) is 3.32. The second-order valence-corrected chi connectivity index (χ2v) is 8.76. The third-order valence-electron chi connectivity index (χ3n) is 5.93. The van der Waals surface area contributed by atoms with Gasteiger partial charge in [-0.25, -0.2) is 4.39 Å². The Morgan fingerprint density at radius 1 is 0.971 bits per heavy atom. The smallest absolute Gasteiger partial charge is 0.255 e. The van der Waals surface area contributed by atoms with E-state index in [-0.39, 0.29) is 35.3 Å². The van der Waals surface area contributed by atoms with Crippen molar-refractivity contribution in [1.82, 2.24) is 4.98 Å². The molecule has 0 unspecified atom stereocenters. The van der Waals surface area contributed by atoms with Crippen molar-refractivity contribution < 1.29 is 13.4 Å². The number of fused-ring (bicyclic) bond motifs is 1. The van der Waals surface area contributed by atoms with E-state index in [1.54, 1.807) is 42.6 Å². The summed E-state index contributed by atoms with van der Waals surface area (Å²) in [6, 6.07) is 21.2. The third kappa shape index (κ3) is 5.36. The summed E-state index contributed by atoms with van der Waals surface area (Å²) in [6.45, 7) is 0. The summed E-state index contributed by atoms with van der Waals surface area (Å²) in [5.41, 5.74) is 4.29. The predicted octanol–water partition coefficient (Wildman–Crippen LogP) is 5.71. The summed E-state index contributed by atoms with van der Waals surface area (Å²) in [7, 11) is 0. The fourth-order valence-corrected chi connectivity index (χ4v) is 4.36. The molecule has 0 atom stereocenters. The highest BCUT2D eigenvalue weighted by molar-refractivity contribution is 7.54. The van der Waals surface area contributed by atoms with Crippen molar-refractivity contribution in [3.63, 3.8) is 0 Å². The maximum Gasteiger partial charge on any atom is 0.255 e. The van der Waals surface area contributed by atoms with Crippen LogP contribution in [0.25, 0.3) is 10.9 Å². The SMILES string of the molecule is O=S=NC1CC(Nc2cccc(NC(=O)c3ccc(Nc4ccnc5ccc(F)cc45)cc3)c2)C1. The molecule has 1 aliphatic carbocycles. The second kappa shape index (κ2) is 10.0. The Morgan fingerprint density at radius 3 is 2.57 bits per heavy atom. The number of nitrogens with one attached hydrogen (secondary N) is 3. The highest BCUT2D eigenvalue weighted by Gasteiger charge is 2.28. The number of halogens is 1. The van der Waals surface area contributed by atoms with Gasteiger partial charge in [-0.3, -0.25) is 9.78 Å². The van der Waals surface area contributed by atoms with Crippen LogP contribution in [0.1, 0.15) is 23.2 Å². The molecule has 3 N–H and O–H groups in total. The molecule has 5 rings (SSSR count). The lowest BCUT2D eigenvalue weighted by molar-refractivity contribution is 0.102. The standard InChI is InChI=1S/C26H22FN5O2S/c27-17-6-9-24-23(12-17)25(10-11-28-24)30-18-7-4-16(5-8-18)26(33)31-20-3-1-2-19(13-20)29-21-14-22(15-21)32-35-34/h1-13,21-22,29H,14-15H2,(H,28,30)(H,31,33). The number of nitrogens with zero attached hydrogens (tertiary/aromatic N) is 2. The van der Waals surface area contributed by atoms with Gasteiger partial charge in [0.25, 0.3) is 5.91 Å². The number of rotatable bonds is 7. The summed E-state index contributed by atoms with van der Waals surface area (Å²) in [4.78, 5) is 17.0. The number of hydrogen-bond acceptors (Lipinski definition) is 6. The van der Waals surface area contributed by atoms with E-state index < -0.39 is 0 Å². The van der Waals surface area contributed by atoms with Gasteiger partial charge >= 0.3 is 0 Å². The van der Waals surface area contributed by atoms with Crippen LogP contribution in [0.3, 0.4) is 0 Å². The lowest BCUT2D eigenvalue weighted by atomic mass is 9.87. The van der Waals surface area contributed by atoms with E-state index in [1.807, 2.05) is 24.3 Å². The Balaban J connectivity index is 1.22. The lowest BCUT2D eigenvalue weighted by Crippen LogP contribution is -2.37. The Hall–Kier alpha value is -4.11. The van der Waals surface area contributed by atoms with Crippen LogP contribution >= 0.6 is 0 Å². The fraction of sp³-hybridized carbons (Fsp3) is 0.154. The average molecular weight is 488 g/mol. The number of anilines is 4. The van der Waals surface area contributed by atoms with Crippen LogP contribution in [0.2, 0.25) is 0 Å². The van der Waals surface area contributed by atoms with Crippen LogP contribution < -0.4 is 16.0 Å². The zero-order chi connectivity index (χ0) is 24.2. The number of aromatic nitrogens is 1. The summed E-state index contributed by atoms with van der Waals surface area (Å²) in [5.74, 6) is -0.550. The van der Waals surface area contributed by atoms with Gasteiger partial charge in [-0.05, 0) is 79.6 Å². The van der Waals surface area contributed by atoms with Crippen LogP contribution in [0.15, 0.2) is 83.4 Å². The molecule has 1 aromatic heterocycles. The Bertz CT molecular complexity index is 1430. The van der Waals surface area contributed by atoms with Gasteiger partial charge in [-0.1, -0.05) is 6.07 Å². The van der Waals surface area contributed by atoms with Crippen molar-refractivity contribution in [2.45, 2.75) is 24.9 Å². The van der Waals surface area contributed by atoms with Crippen molar-refractivity contribution in [2.75, 3.05) is 16.0 Å². The van der Waals surface area contributed by atoms with E-state index in [2.05, 4.69) is 25.3 Å². The topological polar surface area (TPSA) is 95.5 Å². The Kier molecular flexibility index (Phi) is 6.49. The van der Waals surface area contributed by atoms with E-state index in [1.165, 1.54) is 12.1 Å². The van der Waals surface area contributed by atoms with Crippen LogP contribution in [0.5, 0.6) is 0 Å². The van der Waals surface area contributed by atoms with E-state index >= 15 is 0 Å². The van der Waals surface area contributed by atoms with Crippen LogP contribution in [0.4, 0.5) is 27.1 Å². The number of carbonyl (C=O) groups excluding carboxylic acids is 1. The highest BCUT2D eigenvalue weighted by Crippen LogP contribution is 2.28. The quantitative estimate of drug-likeness (QED) is 0.310. The van der Waals surface area contributed by atoms with Gasteiger partial charge < -0.3 is 16.0 Å². The van der Waals surface area contributed by atoms with Crippen molar-refractivity contribution >= 4 is 51.0 Å². The normalized spacial score (nSPS) is 16.7. The zero-order valence-corrected chi connectivity index (χ0v) is 19.4. The summed E-state index contributed by atoms with van der Waals surface area (Å²) < 4.78 is 28.1. The first-order chi connectivity index (χ1) is 17.1. The minimum Gasteiger partial charge on any atom is -0.382 e. The molecule has 3 aromatic carbocycles. The molecule has 4 aromatic rings. The number of carbonyl (C=O) groups is 1. The molecular weight excluding hydrogens is 465 g/mol. The zero-order valence-electron chi connectivity index (χ0n) is 18.6. The van der Waals surface area contributed by atoms with Crippen molar-refractivity contribution in [3.05, 3.63) is 90.4 Å². The molecule has 1 heterocycles. The molecule has 0 aliphatic heterocycles. The summed E-state index contributed by atoms with van der Waals surface area (Å²) >= 11 is 0.283. The van der Waals surface area contributed by atoms with Crippen molar-refractivity contribution in [3.8, 4) is 0 Å². The molecule has 1 saturated carbocycles. The molecule has 0 spiro atoms. The molecule has 1 aliphatic rings. The van der Waals surface area contributed by atoms with Gasteiger partial charge in [0.1, 0.15) is 5.82 Å². The maximum atomic E-state index is 13.7. The van der Waals surface area contributed by atoms with Crippen LogP contribution in [-0.4, -0.2) is 27.2 Å². The second-order valence-electron chi connectivity index (χ2n) is 8.40. The molecule has 0 radical (unpaired) electrons. The minimum absolute atomic E-state index is 0.119. The monoisotopic (exact) mass is 487 g/mol. The highest BCUT2D eigenvalue weighted by atomic mass is 32.1. The van der Waals surface area contributed by atoms with Crippen molar-refractivity contribution in [1.29, 1.82) is 0 Å². The molecule has 176 valence electrons. The molecule has 7 nitrogen and oxygen atoms in total. The van der Waals surface area contributed by atoms with Gasteiger partial charge in [-0.2, -0.15) is 8.57 Å². The van der Waals surface area contributed by atoms with Gasteiger partial charge in [0.15, 0.2) is 11.5 Å². The van der Waals surface area contributed by atoms with E-state index in [0.29, 0.717) is 22.2 Å². The van der Waals surface area contributed by atoms with Crippen LogP contribution in [0, 0.1) is 5.82 Å². The molecule has 9 heteroatoms. The largest absolute Gasteiger partial charge is 0.382 e. The number of amides is 1. The van der Waals surface area contributed by atoms with Gasteiger partial charge in [0, 0.05) is 45.9 Å². The molecule has 1 fully saturated rings. The molecule has 0 saturated heterocycles. The first-order valence-corrected chi connectivity index (χ1v) is 11.9. The van der Waals surface area contributed by atoms with Gasteiger partial charge in [0.05, 0.1) is 11.6 Å². The minimum atomic E-state index is -0.328. The first-order valence-electron chi connectivity index (χ1n) is 11.2. The van der Waals surface area contributed by atoms with E-state index in [4.69, 9.17) is 0 Å². The Labute approximate surface area is 205 Å². The summed E-state index contributed by atoms with van der Waals surface area (Å²) in [5, 5.41) is 10.3. The maximum absolute atomic E-state index is 13.7. The van der Waals surface area contributed by atoms with Crippen LogP contribution in [-0.2, 0) is 11.5 Å². The number of hydrogen-bond donors (Lipinski definition) is 3. The molecule has 35 heavy (non-hydrogen) atoms. The first kappa shape index (κ1) is 22.7. The van der Waals surface area contributed by atoms with E-state index in [9.17, 15) is 13.4 Å². The predicted molar refractivity (Wildman–Crippen MR) is 137 cm³/mol. The van der Waals surface area contributed by atoms with E-state index in [0.717, 1.165) is 29.9 Å². The number of pyridine rings is 1. The molecule has 0 bridgehead atoms. The van der Waals surface area contributed by atoms with Crippen molar-refractivity contribution in [2.24, 2.45) is 4.36 Å². The van der Waals surface area contributed by atoms with Gasteiger partial charge in [-0.15, -0.1) is 0 Å². The Morgan fingerprint density at radius 2 is 1.77 bits per heavy atom. The fourth-order valence-electron chi connectivity index (χ4n) is 4.07. The third-order valence-corrected chi connectivity index (χ3v) is 6.31.